The van der Waals surface area contributed by atoms with Gasteiger partial charge in [0.1, 0.15) is 5.76 Å². The lowest BCUT2D eigenvalue weighted by molar-refractivity contribution is -0.261. The van der Waals surface area contributed by atoms with Crippen LogP contribution in [0, 0.1) is 0 Å². The topological polar surface area (TPSA) is 102 Å². The molecule has 2 heterocycles. The highest BCUT2D eigenvalue weighted by atomic mass is 17.2. The number of ether oxygens (including phenoxy) is 1. The Morgan fingerprint density at radius 1 is 0.971 bits per heavy atom. The molecule has 1 amide bonds. The molecule has 0 aromatic carbocycles. The second kappa shape index (κ2) is 16.3. The van der Waals surface area contributed by atoms with Gasteiger partial charge < -0.3 is 9.84 Å². The van der Waals surface area contributed by atoms with Gasteiger partial charge in [0.25, 0.3) is 0 Å². The largest absolute Gasteiger partial charge is 0.472 e. The van der Waals surface area contributed by atoms with Crippen molar-refractivity contribution in [1.29, 1.82) is 0 Å². The van der Waals surface area contributed by atoms with Crippen molar-refractivity contribution >= 4 is 17.8 Å². The highest BCUT2D eigenvalue weighted by molar-refractivity contribution is 5.91. The van der Waals surface area contributed by atoms with Crippen molar-refractivity contribution in [3.8, 4) is 0 Å². The van der Waals surface area contributed by atoms with E-state index in [0.717, 1.165) is 32.1 Å². The van der Waals surface area contributed by atoms with E-state index in [1.165, 1.54) is 55.9 Å². The molecule has 0 saturated carbocycles. The zero-order chi connectivity index (χ0) is 24.6. The number of hydrogen-bond donors (Lipinski definition) is 1. The molecule has 1 N–H and O–H groups in total. The fourth-order valence-corrected chi connectivity index (χ4v) is 4.16. The number of carbonyl (C=O) groups excluding carboxylic acids is 3. The Hall–Kier alpha value is -2.35. The Morgan fingerprint density at radius 3 is 2.21 bits per heavy atom. The molecule has 0 bridgehead atoms. The van der Waals surface area contributed by atoms with Crippen LogP contribution in [0.4, 0.5) is 0 Å². The zero-order valence-electron chi connectivity index (χ0n) is 20.5. The highest BCUT2D eigenvalue weighted by Gasteiger charge is 2.54. The van der Waals surface area contributed by atoms with Crippen LogP contribution in [0.1, 0.15) is 103 Å². The minimum absolute atomic E-state index is 0.136. The van der Waals surface area contributed by atoms with Crippen LogP contribution in [0.15, 0.2) is 24.0 Å². The van der Waals surface area contributed by atoms with E-state index < -0.39 is 24.2 Å². The molecule has 0 spiro atoms. The fraction of sp³-hybridized carbons (Fsp3) is 0.731. The first-order valence-corrected chi connectivity index (χ1v) is 12.9. The Bertz CT molecular complexity index is 703. The Kier molecular flexibility index (Phi) is 13.4. The molecule has 0 radical (unpaired) electrons. The summed E-state index contributed by atoms with van der Waals surface area (Å²) in [5, 5.41) is 9.07. The lowest BCUT2D eigenvalue weighted by atomic mass is 10.1. The van der Waals surface area contributed by atoms with Gasteiger partial charge in [-0.3, -0.25) is 9.69 Å². The first-order valence-electron chi connectivity index (χ1n) is 12.9. The first kappa shape index (κ1) is 27.9. The molecule has 8 heteroatoms. The second-order valence-electron chi connectivity index (χ2n) is 8.96. The molecule has 192 valence electrons. The molecule has 2 atom stereocenters. The smallest absolute Gasteiger partial charge is 0.385 e. The fourth-order valence-electron chi connectivity index (χ4n) is 4.16. The van der Waals surface area contributed by atoms with Crippen LogP contribution in [0.3, 0.4) is 0 Å². The monoisotopic (exact) mass is 479 g/mol. The summed E-state index contributed by atoms with van der Waals surface area (Å²) in [6.45, 7) is 1.90. The van der Waals surface area contributed by atoms with Gasteiger partial charge in [-0.05, 0) is 38.2 Å². The molecule has 0 aliphatic carbocycles. The van der Waals surface area contributed by atoms with Crippen molar-refractivity contribution in [2.45, 2.75) is 116 Å². The standard InChI is InChI=1S/C26H41NO7/c1-2-3-4-5-6-7-8-9-10-11-12-13-14-15-16-17-24(30)33-34-26(31)25-21(18-19-28)32-23-20-22(29)27(23)25/h9-10,18,23,25,28H,2-8,11-17,19-20H2,1H3/b10-9-,21-18-/t23-,25-/m1/s1. The Morgan fingerprint density at radius 2 is 1.59 bits per heavy atom. The van der Waals surface area contributed by atoms with E-state index in [4.69, 9.17) is 9.84 Å². The molecule has 2 aliphatic heterocycles. The maximum Gasteiger partial charge on any atom is 0.385 e. The van der Waals surface area contributed by atoms with Gasteiger partial charge in [0, 0.05) is 0 Å². The molecule has 2 rings (SSSR count). The normalized spacial score (nSPS) is 20.4. The third kappa shape index (κ3) is 9.49. The minimum Gasteiger partial charge on any atom is -0.472 e. The molecule has 0 aromatic rings. The highest BCUT2D eigenvalue weighted by Crippen LogP contribution is 2.36. The molecule has 2 fully saturated rings. The number of aliphatic hydroxyl groups excluding tert-OH is 1. The summed E-state index contributed by atoms with van der Waals surface area (Å²) >= 11 is 0. The predicted octanol–water partition coefficient (Wildman–Crippen LogP) is 4.86. The molecule has 2 saturated heterocycles. The average molecular weight is 480 g/mol. The van der Waals surface area contributed by atoms with E-state index in [2.05, 4.69) is 28.9 Å². The first-order chi connectivity index (χ1) is 16.6. The van der Waals surface area contributed by atoms with Crippen molar-refractivity contribution in [2.75, 3.05) is 6.61 Å². The maximum atomic E-state index is 12.3. The van der Waals surface area contributed by atoms with E-state index in [1.807, 2.05) is 0 Å². The number of hydrogen-bond acceptors (Lipinski definition) is 7. The van der Waals surface area contributed by atoms with Crippen molar-refractivity contribution in [3.63, 3.8) is 0 Å². The van der Waals surface area contributed by atoms with Crippen molar-refractivity contribution in [2.24, 2.45) is 0 Å². The predicted molar refractivity (Wildman–Crippen MR) is 127 cm³/mol. The van der Waals surface area contributed by atoms with E-state index >= 15 is 0 Å². The third-order valence-corrected chi connectivity index (χ3v) is 6.14. The summed E-state index contributed by atoms with van der Waals surface area (Å²) in [5.41, 5.74) is 0. The molecule has 2 aliphatic rings. The van der Waals surface area contributed by atoms with Gasteiger partial charge in [0.15, 0.2) is 12.3 Å². The number of aliphatic hydroxyl groups is 1. The Labute approximate surface area is 203 Å². The summed E-state index contributed by atoms with van der Waals surface area (Å²) in [6, 6.07) is -1.12. The number of nitrogens with zero attached hydrogens (tertiary/aromatic N) is 1. The molecule has 0 unspecified atom stereocenters. The van der Waals surface area contributed by atoms with Gasteiger partial charge in [0.2, 0.25) is 5.91 Å². The van der Waals surface area contributed by atoms with Crippen LogP contribution in [0.5, 0.6) is 0 Å². The van der Waals surface area contributed by atoms with Crippen LogP contribution in [0.25, 0.3) is 0 Å². The zero-order valence-corrected chi connectivity index (χ0v) is 20.5. The quantitative estimate of drug-likeness (QED) is 0.104. The van der Waals surface area contributed by atoms with Gasteiger partial charge in [-0.25, -0.2) is 19.4 Å². The summed E-state index contributed by atoms with van der Waals surface area (Å²) in [7, 11) is 0. The molecular weight excluding hydrogens is 438 g/mol. The number of carbonyl (C=O) groups is 3. The number of fused-ring (bicyclic) bond motifs is 1. The number of allylic oxidation sites excluding steroid dienone is 2. The minimum atomic E-state index is -1.12. The number of unbranched alkanes of at least 4 members (excludes halogenated alkanes) is 11. The summed E-state index contributed by atoms with van der Waals surface area (Å²) in [5.74, 6) is -1.65. The number of β-lactam (4-membered cyclic amide) rings is 1. The molecule has 8 nitrogen and oxygen atoms in total. The van der Waals surface area contributed by atoms with E-state index in [1.54, 1.807) is 0 Å². The van der Waals surface area contributed by atoms with Gasteiger partial charge in [0.05, 0.1) is 19.4 Å². The van der Waals surface area contributed by atoms with E-state index in [9.17, 15) is 14.4 Å². The number of rotatable bonds is 17. The third-order valence-electron chi connectivity index (χ3n) is 6.14. The lowest BCUT2D eigenvalue weighted by Gasteiger charge is -2.33. The van der Waals surface area contributed by atoms with E-state index in [-0.39, 0.29) is 31.1 Å². The van der Waals surface area contributed by atoms with Crippen molar-refractivity contribution in [1.82, 2.24) is 4.90 Å². The van der Waals surface area contributed by atoms with Gasteiger partial charge in [-0.15, -0.1) is 0 Å². The van der Waals surface area contributed by atoms with Crippen LogP contribution < -0.4 is 0 Å². The maximum absolute atomic E-state index is 12.3. The van der Waals surface area contributed by atoms with Crippen LogP contribution in [-0.4, -0.2) is 46.7 Å². The lowest BCUT2D eigenvalue weighted by Crippen LogP contribution is -2.55. The Balaban J connectivity index is 1.45. The van der Waals surface area contributed by atoms with E-state index in [0.29, 0.717) is 6.42 Å². The van der Waals surface area contributed by atoms with Gasteiger partial charge in [-0.2, -0.15) is 0 Å². The molecule has 34 heavy (non-hydrogen) atoms. The number of amides is 1. The van der Waals surface area contributed by atoms with Crippen LogP contribution >= 0.6 is 0 Å². The molecular formula is C26H41NO7. The van der Waals surface area contributed by atoms with Crippen LogP contribution in [0.2, 0.25) is 0 Å². The summed E-state index contributed by atoms with van der Waals surface area (Å²) in [4.78, 5) is 46.3. The van der Waals surface area contributed by atoms with Crippen molar-refractivity contribution < 1.29 is 34.0 Å². The van der Waals surface area contributed by atoms with Crippen LogP contribution in [-0.2, 0) is 28.9 Å². The summed E-state index contributed by atoms with van der Waals surface area (Å²) in [6.07, 6.45) is 20.9. The summed E-state index contributed by atoms with van der Waals surface area (Å²) < 4.78 is 5.43. The van der Waals surface area contributed by atoms with Crippen molar-refractivity contribution in [3.05, 3.63) is 24.0 Å². The SMILES string of the molecule is CCCCCCCC/C=C\CCCCCCCC(=O)OOC(=O)[C@H]1/C(=C/CO)O[C@@H]2CC(=O)N21. The second-order valence-corrected chi connectivity index (χ2v) is 8.96. The average Bonchev–Trinajstić information content (AvgIpc) is 3.12. The molecule has 0 aromatic heterocycles. The van der Waals surface area contributed by atoms with Gasteiger partial charge in [-0.1, -0.05) is 70.4 Å². The van der Waals surface area contributed by atoms with Gasteiger partial charge >= 0.3 is 11.9 Å².